The summed E-state index contributed by atoms with van der Waals surface area (Å²) in [6, 6.07) is 0. The van der Waals surface area contributed by atoms with Gasteiger partial charge in [0.25, 0.3) is 0 Å². The van der Waals surface area contributed by atoms with Crippen molar-refractivity contribution in [1.82, 2.24) is 29.5 Å². The molecule has 0 spiro atoms. The summed E-state index contributed by atoms with van der Waals surface area (Å²) in [6.45, 7) is 18.3. The predicted molar refractivity (Wildman–Crippen MR) is 109 cm³/mol. The lowest BCUT2D eigenvalue weighted by molar-refractivity contribution is 0.362. The first-order valence-electron chi connectivity index (χ1n) is 9.22. The molecule has 3 aromatic heterocycles. The van der Waals surface area contributed by atoms with Crippen LogP contribution in [-0.2, 0) is 0 Å². The van der Waals surface area contributed by atoms with E-state index < -0.39 is 0 Å². The van der Waals surface area contributed by atoms with Crippen LogP contribution in [0.4, 0.5) is 0 Å². The first-order chi connectivity index (χ1) is 12.6. The second kappa shape index (κ2) is 10.9. The Balaban J connectivity index is 0.000000202. The van der Waals surface area contributed by atoms with Crippen molar-refractivity contribution < 1.29 is 4.52 Å². The Morgan fingerprint density at radius 2 is 1.56 bits per heavy atom. The normalized spacial score (nSPS) is 10.7. The van der Waals surface area contributed by atoms with Crippen LogP contribution in [0.25, 0.3) is 0 Å². The van der Waals surface area contributed by atoms with Crippen LogP contribution < -0.4 is 0 Å². The molecule has 7 nitrogen and oxygen atoms in total. The van der Waals surface area contributed by atoms with Gasteiger partial charge < -0.3 is 9.51 Å². The van der Waals surface area contributed by atoms with E-state index in [4.69, 9.17) is 4.52 Å². The number of H-pyrrole nitrogens is 1. The molecule has 0 radical (unpaired) electrons. The monoisotopic (exact) mass is 392 g/mol. The summed E-state index contributed by atoms with van der Waals surface area (Å²) in [6.07, 6.45) is 1.89. The van der Waals surface area contributed by atoms with Crippen LogP contribution in [-0.4, -0.2) is 29.5 Å². The third kappa shape index (κ3) is 8.43. The van der Waals surface area contributed by atoms with E-state index >= 15 is 0 Å². The fourth-order valence-corrected chi connectivity index (χ4v) is 2.48. The second-order valence-electron chi connectivity index (χ2n) is 7.25. The molecule has 0 amide bonds. The minimum absolute atomic E-state index is 0.339. The molecule has 0 aliphatic carbocycles. The average Bonchev–Trinajstić information content (AvgIpc) is 3.30. The number of hydrogen-bond acceptors (Lipinski definition) is 7. The Labute approximate surface area is 166 Å². The summed E-state index contributed by atoms with van der Waals surface area (Å²) in [4.78, 5) is 15.5. The minimum atomic E-state index is 0.339. The van der Waals surface area contributed by atoms with Crippen LogP contribution in [0, 0.1) is 20.8 Å². The zero-order valence-electron chi connectivity index (χ0n) is 17.9. The van der Waals surface area contributed by atoms with E-state index in [0.717, 1.165) is 16.7 Å². The molecule has 27 heavy (non-hydrogen) atoms. The molecule has 3 rings (SSSR count). The number of aromatic amines is 1. The van der Waals surface area contributed by atoms with Gasteiger partial charge in [0, 0.05) is 23.7 Å². The first-order valence-corrected chi connectivity index (χ1v) is 9.99. The van der Waals surface area contributed by atoms with E-state index in [1.165, 1.54) is 17.2 Å². The molecule has 0 aromatic carbocycles. The van der Waals surface area contributed by atoms with Crippen molar-refractivity contribution in [1.29, 1.82) is 0 Å². The molecule has 1 N–H and O–H groups in total. The second-order valence-corrected chi connectivity index (χ2v) is 8.03. The molecule has 3 aromatic rings. The van der Waals surface area contributed by atoms with Crippen molar-refractivity contribution >= 4 is 11.5 Å². The molecule has 0 aliphatic rings. The summed E-state index contributed by atoms with van der Waals surface area (Å²) in [5.74, 6) is 4.74. The van der Waals surface area contributed by atoms with Gasteiger partial charge in [0.1, 0.15) is 16.7 Å². The van der Waals surface area contributed by atoms with Gasteiger partial charge in [-0.25, -0.2) is 9.97 Å². The van der Waals surface area contributed by atoms with Gasteiger partial charge in [0.05, 0.1) is 0 Å². The van der Waals surface area contributed by atoms with Gasteiger partial charge >= 0.3 is 0 Å². The van der Waals surface area contributed by atoms with Crippen molar-refractivity contribution in [3.63, 3.8) is 0 Å². The Hall–Kier alpha value is -2.09. The Morgan fingerprint density at radius 1 is 0.889 bits per heavy atom. The summed E-state index contributed by atoms with van der Waals surface area (Å²) in [5, 5.41) is 4.78. The van der Waals surface area contributed by atoms with Crippen molar-refractivity contribution in [3.8, 4) is 0 Å². The highest BCUT2D eigenvalue weighted by atomic mass is 32.1. The zero-order chi connectivity index (χ0) is 20.6. The maximum Gasteiger partial charge on any atom is 0.229 e. The standard InChI is InChI=1S/C7H12N2.C6H10N2O.C6H10N2S/c1-5(2)7-4-8-6(3)9-7;2*1-4(2)6-7-5(3)8-9-6/h4-5H,1-3H3,(H,8,9);2*4H,1-3H3. The molecule has 0 fully saturated rings. The van der Waals surface area contributed by atoms with E-state index in [-0.39, 0.29) is 0 Å². The zero-order valence-corrected chi connectivity index (χ0v) is 18.7. The maximum atomic E-state index is 4.86. The lowest BCUT2D eigenvalue weighted by atomic mass is 10.2. The van der Waals surface area contributed by atoms with Crippen LogP contribution in [0.15, 0.2) is 10.7 Å². The SMILES string of the molecule is Cc1ncc(C(C)C)[nH]1.Cc1noc(C(C)C)n1.Cc1nsc(C(C)C)n1. The van der Waals surface area contributed by atoms with Crippen molar-refractivity contribution in [3.05, 3.63) is 40.3 Å². The molecular formula is C19H32N6OS. The molecule has 0 saturated heterocycles. The molecule has 0 unspecified atom stereocenters. The van der Waals surface area contributed by atoms with Crippen molar-refractivity contribution in [2.75, 3.05) is 0 Å². The highest BCUT2D eigenvalue weighted by Crippen LogP contribution is 2.15. The first kappa shape index (κ1) is 23.0. The largest absolute Gasteiger partial charge is 0.346 e. The molecule has 0 aliphatic heterocycles. The van der Waals surface area contributed by atoms with Crippen LogP contribution in [0.3, 0.4) is 0 Å². The quantitative estimate of drug-likeness (QED) is 0.649. The Morgan fingerprint density at radius 3 is 1.78 bits per heavy atom. The van der Waals surface area contributed by atoms with E-state index in [0.29, 0.717) is 29.5 Å². The summed E-state index contributed by atoms with van der Waals surface area (Å²) >= 11 is 1.50. The minimum Gasteiger partial charge on any atom is -0.346 e. The molecule has 0 atom stereocenters. The van der Waals surface area contributed by atoms with E-state index in [1.54, 1.807) is 0 Å². The van der Waals surface area contributed by atoms with Crippen LogP contribution in [0.1, 0.15) is 93.4 Å². The third-order valence-electron chi connectivity index (χ3n) is 3.42. The smallest absolute Gasteiger partial charge is 0.229 e. The fourth-order valence-electron chi connectivity index (χ4n) is 1.83. The molecular weight excluding hydrogens is 360 g/mol. The van der Waals surface area contributed by atoms with Crippen molar-refractivity contribution in [2.45, 2.75) is 80.1 Å². The van der Waals surface area contributed by atoms with E-state index in [9.17, 15) is 0 Å². The topological polar surface area (TPSA) is 93.4 Å². The number of nitrogens with zero attached hydrogens (tertiary/aromatic N) is 5. The maximum absolute atomic E-state index is 4.86. The van der Waals surface area contributed by atoms with Crippen LogP contribution in [0.2, 0.25) is 0 Å². The van der Waals surface area contributed by atoms with Gasteiger partial charge in [0.15, 0.2) is 5.82 Å². The number of aromatic nitrogens is 6. The number of nitrogens with one attached hydrogen (secondary N) is 1. The highest BCUT2D eigenvalue weighted by molar-refractivity contribution is 7.05. The van der Waals surface area contributed by atoms with Crippen LogP contribution in [0.5, 0.6) is 0 Å². The number of imidazole rings is 1. The third-order valence-corrected chi connectivity index (χ3v) is 4.52. The summed E-state index contributed by atoms with van der Waals surface area (Å²) in [7, 11) is 0. The lowest BCUT2D eigenvalue weighted by Crippen LogP contribution is -1.85. The average molecular weight is 393 g/mol. The molecule has 8 heteroatoms. The van der Waals surface area contributed by atoms with Gasteiger partial charge in [0.2, 0.25) is 5.89 Å². The highest BCUT2D eigenvalue weighted by Gasteiger charge is 2.05. The van der Waals surface area contributed by atoms with Gasteiger partial charge in [-0.05, 0) is 38.2 Å². The van der Waals surface area contributed by atoms with Crippen LogP contribution >= 0.6 is 11.5 Å². The van der Waals surface area contributed by atoms with Crippen molar-refractivity contribution in [2.24, 2.45) is 0 Å². The van der Waals surface area contributed by atoms with Gasteiger partial charge in [-0.1, -0.05) is 46.7 Å². The molecule has 0 saturated carbocycles. The molecule has 0 bridgehead atoms. The predicted octanol–water partition coefficient (Wildman–Crippen LogP) is 5.31. The number of rotatable bonds is 3. The van der Waals surface area contributed by atoms with Gasteiger partial charge in [-0.2, -0.15) is 9.36 Å². The van der Waals surface area contributed by atoms with E-state index in [1.807, 2.05) is 40.8 Å². The lowest BCUT2D eigenvalue weighted by Gasteiger charge is -1.96. The van der Waals surface area contributed by atoms with E-state index in [2.05, 4.69) is 57.2 Å². The fraction of sp³-hybridized carbons (Fsp3) is 0.632. The Kier molecular flexibility index (Phi) is 9.28. The number of aryl methyl sites for hydroxylation is 3. The summed E-state index contributed by atoms with van der Waals surface area (Å²) in [5.41, 5.74) is 1.22. The Bertz CT molecular complexity index is 682. The molecule has 150 valence electrons. The molecule has 3 heterocycles. The van der Waals surface area contributed by atoms with Gasteiger partial charge in [-0.15, -0.1) is 0 Å². The van der Waals surface area contributed by atoms with Gasteiger partial charge in [-0.3, -0.25) is 0 Å². The number of hydrogen-bond donors (Lipinski definition) is 1. The summed E-state index contributed by atoms with van der Waals surface area (Å²) < 4.78 is 8.93.